The van der Waals surface area contributed by atoms with Gasteiger partial charge in [0, 0.05) is 12.1 Å². The van der Waals surface area contributed by atoms with Gasteiger partial charge in [0.2, 0.25) is 0 Å². The van der Waals surface area contributed by atoms with E-state index < -0.39 is 23.4 Å². The lowest BCUT2D eigenvalue weighted by molar-refractivity contribution is -0.139. The maximum absolute atomic E-state index is 13.6. The van der Waals surface area contributed by atoms with Crippen LogP contribution in [-0.2, 0) is 12.7 Å². The lowest BCUT2D eigenvalue weighted by atomic mass is 10.0. The van der Waals surface area contributed by atoms with Crippen molar-refractivity contribution in [1.82, 2.24) is 0 Å². The van der Waals surface area contributed by atoms with E-state index in [9.17, 15) is 22.0 Å². The molecular formula is C14H10F5N. The second kappa shape index (κ2) is 5.20. The molecule has 2 N–H and O–H groups in total. The van der Waals surface area contributed by atoms with E-state index in [0.717, 1.165) is 6.07 Å². The Labute approximate surface area is 111 Å². The molecule has 0 radical (unpaired) electrons. The van der Waals surface area contributed by atoms with Crippen LogP contribution in [0.1, 0.15) is 11.1 Å². The lowest BCUT2D eigenvalue weighted by Gasteiger charge is -2.11. The number of rotatable bonds is 2. The average Bonchev–Trinajstić information content (AvgIpc) is 2.37. The molecule has 0 fully saturated rings. The third-order valence-electron chi connectivity index (χ3n) is 2.88. The van der Waals surface area contributed by atoms with Crippen LogP contribution in [0.4, 0.5) is 22.0 Å². The van der Waals surface area contributed by atoms with E-state index in [1.54, 1.807) is 0 Å². The minimum absolute atomic E-state index is 0.0106. The predicted molar refractivity (Wildman–Crippen MR) is 64.7 cm³/mol. The second-order valence-corrected chi connectivity index (χ2v) is 4.20. The fourth-order valence-electron chi connectivity index (χ4n) is 1.81. The molecule has 2 aromatic carbocycles. The van der Waals surface area contributed by atoms with Gasteiger partial charge in [-0.15, -0.1) is 0 Å². The van der Waals surface area contributed by atoms with Gasteiger partial charge < -0.3 is 5.73 Å². The molecule has 0 saturated heterocycles. The van der Waals surface area contributed by atoms with Gasteiger partial charge in [0.25, 0.3) is 0 Å². The Morgan fingerprint density at radius 3 is 2.00 bits per heavy atom. The van der Waals surface area contributed by atoms with Crippen LogP contribution in [0.5, 0.6) is 0 Å². The first-order valence-electron chi connectivity index (χ1n) is 5.68. The zero-order valence-electron chi connectivity index (χ0n) is 10.1. The van der Waals surface area contributed by atoms with Gasteiger partial charge in [-0.1, -0.05) is 18.2 Å². The van der Waals surface area contributed by atoms with Crippen molar-refractivity contribution < 1.29 is 22.0 Å². The average molecular weight is 287 g/mol. The van der Waals surface area contributed by atoms with Gasteiger partial charge in [0.1, 0.15) is 11.6 Å². The molecule has 2 aromatic rings. The topological polar surface area (TPSA) is 26.0 Å². The summed E-state index contributed by atoms with van der Waals surface area (Å²) in [6.07, 6.45) is -4.80. The largest absolute Gasteiger partial charge is 0.419 e. The molecule has 0 aromatic heterocycles. The number of nitrogens with two attached hydrogens (primary N) is 1. The molecule has 0 bridgehead atoms. The molecule has 0 saturated carbocycles. The number of halogens is 5. The number of benzene rings is 2. The Morgan fingerprint density at radius 2 is 1.45 bits per heavy atom. The summed E-state index contributed by atoms with van der Waals surface area (Å²) in [4.78, 5) is 0. The van der Waals surface area contributed by atoms with Crippen molar-refractivity contribution in [3.05, 3.63) is 59.2 Å². The Morgan fingerprint density at radius 1 is 0.850 bits per heavy atom. The molecule has 0 spiro atoms. The minimum Gasteiger partial charge on any atom is -0.326 e. The SMILES string of the molecule is NCc1ccc(-c2ccc(F)c(C(F)(F)F)c2)cc1F. The van der Waals surface area contributed by atoms with E-state index in [1.165, 1.54) is 18.2 Å². The highest BCUT2D eigenvalue weighted by Crippen LogP contribution is 2.34. The van der Waals surface area contributed by atoms with Crippen molar-refractivity contribution in [1.29, 1.82) is 0 Å². The van der Waals surface area contributed by atoms with Gasteiger partial charge >= 0.3 is 6.18 Å². The van der Waals surface area contributed by atoms with Gasteiger partial charge in [-0.2, -0.15) is 13.2 Å². The third kappa shape index (κ3) is 2.80. The van der Waals surface area contributed by atoms with E-state index in [1.807, 2.05) is 0 Å². The monoisotopic (exact) mass is 287 g/mol. The van der Waals surface area contributed by atoms with Gasteiger partial charge in [0.15, 0.2) is 0 Å². The van der Waals surface area contributed by atoms with Crippen LogP contribution < -0.4 is 5.73 Å². The van der Waals surface area contributed by atoms with E-state index in [4.69, 9.17) is 5.73 Å². The Balaban J connectivity index is 2.51. The van der Waals surface area contributed by atoms with Gasteiger partial charge in [-0.3, -0.25) is 0 Å². The summed E-state index contributed by atoms with van der Waals surface area (Å²) in [5, 5.41) is 0. The molecule has 2 rings (SSSR count). The van der Waals surface area contributed by atoms with E-state index in [2.05, 4.69) is 0 Å². The summed E-state index contributed by atoms with van der Waals surface area (Å²) in [6.45, 7) is -0.0106. The summed E-state index contributed by atoms with van der Waals surface area (Å²) < 4.78 is 64.6. The molecular weight excluding hydrogens is 277 g/mol. The summed E-state index contributed by atoms with van der Waals surface area (Å²) >= 11 is 0. The number of hydrogen-bond acceptors (Lipinski definition) is 1. The third-order valence-corrected chi connectivity index (χ3v) is 2.88. The quantitative estimate of drug-likeness (QED) is 0.826. The lowest BCUT2D eigenvalue weighted by Crippen LogP contribution is -2.08. The molecule has 1 nitrogen and oxygen atoms in total. The molecule has 0 aliphatic rings. The summed E-state index contributed by atoms with van der Waals surface area (Å²) in [6, 6.07) is 6.45. The van der Waals surface area contributed by atoms with Crippen LogP contribution in [-0.4, -0.2) is 0 Å². The highest BCUT2D eigenvalue weighted by atomic mass is 19.4. The van der Waals surface area contributed by atoms with E-state index in [0.29, 0.717) is 12.1 Å². The van der Waals surface area contributed by atoms with Crippen molar-refractivity contribution in [2.24, 2.45) is 5.73 Å². The van der Waals surface area contributed by atoms with Crippen molar-refractivity contribution in [2.45, 2.75) is 12.7 Å². The van der Waals surface area contributed by atoms with Crippen molar-refractivity contribution in [2.75, 3.05) is 0 Å². The maximum Gasteiger partial charge on any atom is 0.419 e. The molecule has 6 heteroatoms. The molecule has 0 heterocycles. The first-order chi connectivity index (χ1) is 9.32. The first-order valence-corrected chi connectivity index (χ1v) is 5.68. The predicted octanol–water partition coefficient (Wildman–Crippen LogP) is 4.11. The maximum atomic E-state index is 13.6. The second-order valence-electron chi connectivity index (χ2n) is 4.20. The van der Waals surface area contributed by atoms with Gasteiger partial charge in [0.05, 0.1) is 5.56 Å². The number of hydrogen-bond donors (Lipinski definition) is 1. The highest BCUT2D eigenvalue weighted by molar-refractivity contribution is 5.65. The molecule has 20 heavy (non-hydrogen) atoms. The molecule has 0 aliphatic carbocycles. The molecule has 0 unspecified atom stereocenters. The zero-order chi connectivity index (χ0) is 14.9. The Kier molecular flexibility index (Phi) is 3.76. The molecule has 106 valence electrons. The summed E-state index contributed by atoms with van der Waals surface area (Å²) in [5.41, 5.74) is 4.49. The summed E-state index contributed by atoms with van der Waals surface area (Å²) in [5.74, 6) is -1.97. The minimum atomic E-state index is -4.80. The Hall–Kier alpha value is -1.95. The first kappa shape index (κ1) is 14.5. The van der Waals surface area contributed by atoms with E-state index >= 15 is 0 Å². The number of alkyl halides is 3. The van der Waals surface area contributed by atoms with Crippen LogP contribution in [0.25, 0.3) is 11.1 Å². The summed E-state index contributed by atoms with van der Waals surface area (Å²) in [7, 11) is 0. The van der Waals surface area contributed by atoms with Crippen molar-refractivity contribution in [3.63, 3.8) is 0 Å². The smallest absolute Gasteiger partial charge is 0.326 e. The fourth-order valence-corrected chi connectivity index (χ4v) is 1.81. The van der Waals surface area contributed by atoms with Gasteiger partial charge in [-0.25, -0.2) is 8.78 Å². The zero-order valence-corrected chi connectivity index (χ0v) is 10.1. The molecule has 0 atom stereocenters. The van der Waals surface area contributed by atoms with Crippen molar-refractivity contribution in [3.8, 4) is 11.1 Å². The van der Waals surface area contributed by atoms with Crippen LogP contribution in [0.3, 0.4) is 0 Å². The highest BCUT2D eigenvalue weighted by Gasteiger charge is 2.34. The molecule has 0 aliphatic heterocycles. The standard InChI is InChI=1S/C14H10F5N/c15-12-4-3-8(5-11(12)14(17,18)19)9-1-2-10(7-20)13(16)6-9/h1-6H,7,20H2. The molecule has 0 amide bonds. The van der Waals surface area contributed by atoms with Crippen LogP contribution >= 0.6 is 0 Å². The normalized spacial score (nSPS) is 11.7. The van der Waals surface area contributed by atoms with Crippen molar-refractivity contribution >= 4 is 0 Å². The van der Waals surface area contributed by atoms with Crippen LogP contribution in [0, 0.1) is 11.6 Å². The van der Waals surface area contributed by atoms with Crippen LogP contribution in [0.15, 0.2) is 36.4 Å². The van der Waals surface area contributed by atoms with Gasteiger partial charge in [-0.05, 0) is 29.3 Å². The van der Waals surface area contributed by atoms with Crippen LogP contribution in [0.2, 0.25) is 0 Å². The Bertz CT molecular complexity index is 634. The van der Waals surface area contributed by atoms with E-state index in [-0.39, 0.29) is 23.2 Å². The fraction of sp³-hybridized carbons (Fsp3) is 0.143.